The van der Waals surface area contributed by atoms with E-state index in [1.165, 1.54) is 0 Å². The lowest BCUT2D eigenvalue weighted by Crippen LogP contribution is -2.17. The molecule has 0 saturated heterocycles. The lowest BCUT2D eigenvalue weighted by atomic mass is 10.2. The number of carboxylic acids is 1. The van der Waals surface area contributed by atoms with E-state index in [-0.39, 0.29) is 10.0 Å². The molecule has 0 saturated carbocycles. The lowest BCUT2D eigenvalue weighted by Gasteiger charge is -2.08. The molecule has 0 aliphatic heterocycles. The first-order chi connectivity index (χ1) is 8.94. The van der Waals surface area contributed by atoms with Crippen LogP contribution in [0.1, 0.15) is 10.4 Å². The molecule has 0 amide bonds. The summed E-state index contributed by atoms with van der Waals surface area (Å²) in [5, 5.41) is 8.43. The third-order valence-electron chi connectivity index (χ3n) is 2.31. The molecular weight excluding hydrogens is 351 g/mol. The van der Waals surface area contributed by atoms with Gasteiger partial charge >= 0.3 is 5.97 Å². The molecule has 1 N–H and O–H groups in total. The summed E-state index contributed by atoms with van der Waals surface area (Å²) in [6.07, 6.45) is 0.897. The van der Waals surface area contributed by atoms with Gasteiger partial charge in [0.1, 0.15) is 9.84 Å². The van der Waals surface area contributed by atoms with Gasteiger partial charge in [-0.25, -0.2) is 21.6 Å². The molecule has 20 heavy (non-hydrogen) atoms. The van der Waals surface area contributed by atoms with Crippen LogP contribution in [-0.4, -0.2) is 45.7 Å². The molecule has 0 radical (unpaired) electrons. The van der Waals surface area contributed by atoms with E-state index in [9.17, 15) is 21.6 Å². The Hall–Kier alpha value is -0.830. The van der Waals surface area contributed by atoms with Crippen molar-refractivity contribution in [2.45, 2.75) is 4.90 Å². The van der Waals surface area contributed by atoms with Gasteiger partial charge in [0.15, 0.2) is 9.84 Å². The Morgan fingerprint density at radius 3 is 2.10 bits per heavy atom. The largest absolute Gasteiger partial charge is 0.478 e. The average molecular weight is 361 g/mol. The maximum atomic E-state index is 12.0. The third-order valence-corrected chi connectivity index (χ3v) is 6.00. The second kappa shape index (κ2) is 5.88. The number of benzene rings is 1. The number of aromatic carboxylic acids is 1. The van der Waals surface area contributed by atoms with Crippen LogP contribution in [-0.2, 0) is 19.7 Å². The first-order valence-corrected chi connectivity index (χ1v) is 9.54. The molecule has 0 aliphatic carbocycles. The van der Waals surface area contributed by atoms with Gasteiger partial charge in [-0.1, -0.05) is 23.2 Å². The lowest BCUT2D eigenvalue weighted by molar-refractivity contribution is 0.0697. The number of halogens is 2. The van der Waals surface area contributed by atoms with Gasteiger partial charge in [-0.05, 0) is 12.1 Å². The van der Waals surface area contributed by atoms with Crippen molar-refractivity contribution in [1.29, 1.82) is 0 Å². The Balaban J connectivity index is 3.32. The van der Waals surface area contributed by atoms with Crippen LogP contribution in [0.25, 0.3) is 0 Å². The molecule has 1 aromatic rings. The SMILES string of the molecule is CS(=O)(=O)CCS(=O)(=O)c1cc(C(=O)O)c(Cl)cc1Cl. The number of carboxylic acid groups (broad SMARTS) is 1. The molecule has 0 fully saturated rings. The molecule has 1 aromatic carbocycles. The Labute approximate surface area is 126 Å². The summed E-state index contributed by atoms with van der Waals surface area (Å²) < 4.78 is 46.0. The molecule has 0 bridgehead atoms. The minimum atomic E-state index is -4.03. The molecule has 112 valence electrons. The zero-order valence-corrected chi connectivity index (χ0v) is 13.3. The maximum Gasteiger partial charge on any atom is 0.337 e. The first-order valence-electron chi connectivity index (χ1n) is 5.07. The number of rotatable bonds is 5. The maximum absolute atomic E-state index is 12.0. The van der Waals surface area contributed by atoms with Crippen molar-refractivity contribution in [3.05, 3.63) is 27.7 Å². The van der Waals surface area contributed by atoms with Crippen LogP contribution in [0, 0.1) is 0 Å². The molecule has 0 spiro atoms. The zero-order valence-electron chi connectivity index (χ0n) is 10.1. The summed E-state index contributed by atoms with van der Waals surface area (Å²) >= 11 is 11.4. The predicted octanol–water partition coefficient (Wildman–Crippen LogP) is 1.51. The minimum absolute atomic E-state index is 0.204. The Morgan fingerprint density at radius 2 is 1.65 bits per heavy atom. The van der Waals surface area contributed by atoms with Gasteiger partial charge in [-0.3, -0.25) is 0 Å². The Kier molecular flexibility index (Phi) is 5.07. The summed E-state index contributed by atoms with van der Waals surface area (Å²) in [4.78, 5) is 10.5. The van der Waals surface area contributed by atoms with E-state index in [2.05, 4.69) is 0 Å². The van der Waals surface area contributed by atoms with Crippen molar-refractivity contribution in [2.75, 3.05) is 17.8 Å². The second-order valence-corrected chi connectivity index (χ2v) is 9.17. The quantitative estimate of drug-likeness (QED) is 0.852. The van der Waals surface area contributed by atoms with Crippen molar-refractivity contribution in [2.24, 2.45) is 0 Å². The van der Waals surface area contributed by atoms with Gasteiger partial charge in [-0.15, -0.1) is 0 Å². The van der Waals surface area contributed by atoms with Crippen molar-refractivity contribution >= 4 is 48.8 Å². The van der Waals surface area contributed by atoms with Gasteiger partial charge < -0.3 is 5.11 Å². The van der Waals surface area contributed by atoms with Crippen molar-refractivity contribution in [3.63, 3.8) is 0 Å². The van der Waals surface area contributed by atoms with Crippen molar-refractivity contribution < 1.29 is 26.7 Å². The highest BCUT2D eigenvalue weighted by Gasteiger charge is 2.23. The van der Waals surface area contributed by atoms with Crippen LogP contribution in [0.3, 0.4) is 0 Å². The van der Waals surface area contributed by atoms with E-state index >= 15 is 0 Å². The monoisotopic (exact) mass is 360 g/mol. The Bertz CT molecular complexity index is 752. The third kappa shape index (κ3) is 4.34. The summed E-state index contributed by atoms with van der Waals surface area (Å²) in [7, 11) is -7.51. The normalized spacial score (nSPS) is 12.3. The molecule has 0 unspecified atom stereocenters. The fourth-order valence-corrected chi connectivity index (χ4v) is 5.08. The van der Waals surface area contributed by atoms with Crippen molar-refractivity contribution in [1.82, 2.24) is 0 Å². The molecule has 1 rings (SSSR count). The number of hydrogen-bond acceptors (Lipinski definition) is 5. The van der Waals surface area contributed by atoms with Crippen LogP contribution in [0.2, 0.25) is 10.0 Å². The highest BCUT2D eigenvalue weighted by Crippen LogP contribution is 2.29. The number of sulfone groups is 2. The second-order valence-electron chi connectivity index (χ2n) is 4.02. The van der Waals surface area contributed by atoms with Gasteiger partial charge in [-0.2, -0.15) is 0 Å². The number of carbonyl (C=O) groups is 1. The minimum Gasteiger partial charge on any atom is -0.478 e. The topological polar surface area (TPSA) is 106 Å². The molecule has 10 heteroatoms. The highest BCUT2D eigenvalue weighted by atomic mass is 35.5. The average Bonchev–Trinajstić information content (AvgIpc) is 2.24. The van der Waals surface area contributed by atoms with Gasteiger partial charge in [0.2, 0.25) is 0 Å². The molecule has 0 aliphatic rings. The van der Waals surface area contributed by atoms with Gasteiger partial charge in [0, 0.05) is 6.26 Å². The fraction of sp³-hybridized carbons (Fsp3) is 0.300. The molecule has 6 nitrogen and oxygen atoms in total. The summed E-state index contributed by atoms with van der Waals surface area (Å²) in [5.41, 5.74) is -0.422. The highest BCUT2D eigenvalue weighted by molar-refractivity contribution is 7.94. The summed E-state index contributed by atoms with van der Waals surface area (Å²) in [6, 6.07) is 1.82. The molecular formula is C10H10Cl2O6S2. The van der Waals surface area contributed by atoms with E-state index in [1.807, 2.05) is 0 Å². The Morgan fingerprint density at radius 1 is 1.10 bits per heavy atom. The van der Waals surface area contributed by atoms with Crippen LogP contribution in [0.15, 0.2) is 17.0 Å². The van der Waals surface area contributed by atoms with E-state index in [4.69, 9.17) is 28.3 Å². The van der Waals surface area contributed by atoms with E-state index < -0.39 is 47.6 Å². The van der Waals surface area contributed by atoms with E-state index in [1.54, 1.807) is 0 Å². The molecule has 0 atom stereocenters. The van der Waals surface area contributed by atoms with Gasteiger partial charge in [0.25, 0.3) is 0 Å². The van der Waals surface area contributed by atoms with Crippen molar-refractivity contribution in [3.8, 4) is 0 Å². The molecule has 0 heterocycles. The first kappa shape index (κ1) is 17.2. The predicted molar refractivity (Wildman–Crippen MR) is 75.2 cm³/mol. The van der Waals surface area contributed by atoms with Crippen LogP contribution >= 0.6 is 23.2 Å². The van der Waals surface area contributed by atoms with Crippen LogP contribution in [0.4, 0.5) is 0 Å². The van der Waals surface area contributed by atoms with E-state index in [0.717, 1.165) is 18.4 Å². The smallest absolute Gasteiger partial charge is 0.337 e. The fourth-order valence-electron chi connectivity index (χ4n) is 1.30. The summed E-state index contributed by atoms with van der Waals surface area (Å²) in [5.74, 6) is -2.69. The zero-order chi connectivity index (χ0) is 15.7. The van der Waals surface area contributed by atoms with Gasteiger partial charge in [0.05, 0.1) is 32.0 Å². The number of hydrogen-bond donors (Lipinski definition) is 1. The van der Waals surface area contributed by atoms with Crippen LogP contribution < -0.4 is 0 Å². The summed E-state index contributed by atoms with van der Waals surface area (Å²) in [6.45, 7) is 0. The van der Waals surface area contributed by atoms with E-state index in [0.29, 0.717) is 0 Å². The standard InChI is InChI=1S/C10H10Cl2O6S2/c1-19(15,16)2-3-20(17,18)9-4-6(10(13)14)7(11)5-8(9)12/h4-5H,2-3H2,1H3,(H,13,14). The van der Waals surface area contributed by atoms with Crippen LogP contribution in [0.5, 0.6) is 0 Å². The molecule has 0 aromatic heterocycles.